The Kier molecular flexibility index (Phi) is 6.99. The van der Waals surface area contributed by atoms with Crippen LogP contribution in [0.2, 0.25) is 0 Å². The average Bonchev–Trinajstić information content (AvgIpc) is 3.41. The molecule has 13 heteroatoms. The van der Waals surface area contributed by atoms with Crippen LogP contribution in [0.4, 0.5) is 18.0 Å². The standard InChI is InChI=1S/C22H26F3N5O5/c1-12-6-17(31)30(8-12)9-14(26-21(33)34)7-18(32)29-4-2-15-16(10-29)27-20(13-3-5-35-11-13)28-19(15)22(23,24)25/h3,5,11-12,14,18,26,32H,2,4,6-10H2,1H3,(H,33,34)/t12?,14-,18?/m0/s1. The molecule has 10 nitrogen and oxygen atoms in total. The number of halogens is 3. The molecule has 3 N–H and O–H groups in total. The number of amides is 2. The maximum Gasteiger partial charge on any atom is 0.433 e. The molecule has 190 valence electrons. The van der Waals surface area contributed by atoms with Gasteiger partial charge in [0, 0.05) is 44.6 Å². The molecular weight excluding hydrogens is 471 g/mol. The molecule has 3 atom stereocenters. The van der Waals surface area contributed by atoms with Gasteiger partial charge in [-0.15, -0.1) is 0 Å². The number of rotatable bonds is 7. The summed E-state index contributed by atoms with van der Waals surface area (Å²) in [5.74, 6) is -0.0593. The highest BCUT2D eigenvalue weighted by molar-refractivity contribution is 5.78. The van der Waals surface area contributed by atoms with Crippen LogP contribution in [0.25, 0.3) is 11.4 Å². The highest BCUT2D eigenvalue weighted by atomic mass is 19.4. The number of nitrogens with one attached hydrogen (secondary N) is 1. The van der Waals surface area contributed by atoms with Gasteiger partial charge in [-0.2, -0.15) is 13.2 Å². The van der Waals surface area contributed by atoms with Crippen LogP contribution in [0.15, 0.2) is 23.0 Å². The first-order valence-corrected chi connectivity index (χ1v) is 11.2. The van der Waals surface area contributed by atoms with Crippen molar-refractivity contribution in [1.29, 1.82) is 0 Å². The predicted molar refractivity (Wildman–Crippen MR) is 115 cm³/mol. The van der Waals surface area contributed by atoms with E-state index < -0.39 is 30.2 Å². The quantitative estimate of drug-likeness (QED) is 0.531. The lowest BCUT2D eigenvalue weighted by Crippen LogP contribution is -2.49. The van der Waals surface area contributed by atoms with Crippen LogP contribution >= 0.6 is 0 Å². The summed E-state index contributed by atoms with van der Waals surface area (Å²) in [5.41, 5.74) is -0.601. The summed E-state index contributed by atoms with van der Waals surface area (Å²) >= 11 is 0. The van der Waals surface area contributed by atoms with Crippen LogP contribution in [0.5, 0.6) is 0 Å². The van der Waals surface area contributed by atoms with E-state index in [9.17, 15) is 33.0 Å². The van der Waals surface area contributed by atoms with Gasteiger partial charge in [-0.25, -0.2) is 14.8 Å². The number of aromatic nitrogens is 2. The molecule has 2 amide bonds. The lowest BCUT2D eigenvalue weighted by molar-refractivity contribution is -0.142. The largest absolute Gasteiger partial charge is 0.472 e. The van der Waals surface area contributed by atoms with Crippen LogP contribution in [-0.2, 0) is 23.9 Å². The van der Waals surface area contributed by atoms with Gasteiger partial charge >= 0.3 is 12.3 Å². The van der Waals surface area contributed by atoms with Crippen molar-refractivity contribution in [2.45, 2.75) is 51.2 Å². The Morgan fingerprint density at radius 3 is 2.74 bits per heavy atom. The van der Waals surface area contributed by atoms with Crippen LogP contribution < -0.4 is 5.32 Å². The fourth-order valence-electron chi connectivity index (χ4n) is 4.63. The number of fused-ring (bicyclic) bond motifs is 1. The van der Waals surface area contributed by atoms with Gasteiger partial charge in [0.15, 0.2) is 11.5 Å². The van der Waals surface area contributed by atoms with E-state index in [0.717, 1.165) is 0 Å². The molecular formula is C22H26F3N5O5. The van der Waals surface area contributed by atoms with Gasteiger partial charge in [-0.1, -0.05) is 6.92 Å². The van der Waals surface area contributed by atoms with Crippen molar-refractivity contribution < 1.29 is 37.4 Å². The number of aliphatic hydroxyl groups excluding tert-OH is 1. The predicted octanol–water partition coefficient (Wildman–Crippen LogP) is 2.33. The van der Waals surface area contributed by atoms with E-state index in [4.69, 9.17) is 4.42 Å². The van der Waals surface area contributed by atoms with Gasteiger partial charge in [-0.3, -0.25) is 9.69 Å². The Morgan fingerprint density at radius 1 is 1.37 bits per heavy atom. The van der Waals surface area contributed by atoms with Crippen molar-refractivity contribution in [1.82, 2.24) is 25.1 Å². The third kappa shape index (κ3) is 5.73. The number of hydrogen-bond acceptors (Lipinski definition) is 7. The Balaban J connectivity index is 1.52. The Labute approximate surface area is 198 Å². The molecule has 2 unspecified atom stereocenters. The third-order valence-corrected chi connectivity index (χ3v) is 6.24. The first-order valence-electron chi connectivity index (χ1n) is 11.2. The molecule has 0 aliphatic carbocycles. The molecule has 1 saturated heterocycles. The van der Waals surface area contributed by atoms with E-state index in [2.05, 4.69) is 15.3 Å². The van der Waals surface area contributed by atoms with Crippen LogP contribution in [-0.4, -0.2) is 73.9 Å². The minimum absolute atomic E-state index is 0.0231. The minimum atomic E-state index is -4.68. The fraction of sp³-hybridized carbons (Fsp3) is 0.545. The van der Waals surface area contributed by atoms with Gasteiger partial charge in [0.05, 0.1) is 23.6 Å². The number of carboxylic acid groups (broad SMARTS) is 1. The van der Waals surface area contributed by atoms with Crippen LogP contribution in [0.1, 0.15) is 36.7 Å². The molecule has 0 saturated carbocycles. The maximum atomic E-state index is 13.7. The highest BCUT2D eigenvalue weighted by Crippen LogP contribution is 2.35. The zero-order chi connectivity index (χ0) is 25.3. The summed E-state index contributed by atoms with van der Waals surface area (Å²) in [5, 5.41) is 22.4. The second-order valence-corrected chi connectivity index (χ2v) is 9.02. The van der Waals surface area contributed by atoms with Gasteiger partial charge < -0.3 is 24.8 Å². The lowest BCUT2D eigenvalue weighted by Gasteiger charge is -2.35. The van der Waals surface area contributed by atoms with Crippen molar-refractivity contribution >= 4 is 12.0 Å². The molecule has 1 fully saturated rings. The third-order valence-electron chi connectivity index (χ3n) is 6.24. The van der Waals surface area contributed by atoms with Gasteiger partial charge in [0.25, 0.3) is 0 Å². The molecule has 0 bridgehead atoms. The molecule has 0 radical (unpaired) electrons. The number of carbonyl (C=O) groups excluding carboxylic acids is 1. The van der Waals surface area contributed by atoms with Crippen molar-refractivity contribution in [3.63, 3.8) is 0 Å². The topological polar surface area (TPSA) is 132 Å². The van der Waals surface area contributed by atoms with Gasteiger partial charge in [-0.05, 0) is 18.4 Å². The summed E-state index contributed by atoms with van der Waals surface area (Å²) in [7, 11) is 0. The second-order valence-electron chi connectivity index (χ2n) is 9.02. The summed E-state index contributed by atoms with van der Waals surface area (Å²) in [4.78, 5) is 34.6. The monoisotopic (exact) mass is 497 g/mol. The number of alkyl halides is 3. The Hall–Kier alpha value is -3.19. The molecule has 2 aromatic heterocycles. The SMILES string of the molecule is CC1CC(=O)N(C[C@H](CC(O)N2CCc3c(nc(-c4ccoc4)nc3C(F)(F)F)C2)NC(=O)O)C1. The number of nitrogens with zero attached hydrogens (tertiary/aromatic N) is 4. The molecule has 2 aliphatic rings. The van der Waals surface area contributed by atoms with Crippen molar-refractivity contribution in [3.8, 4) is 11.4 Å². The van der Waals surface area contributed by atoms with Crippen molar-refractivity contribution in [2.75, 3.05) is 19.6 Å². The highest BCUT2D eigenvalue weighted by Gasteiger charge is 2.40. The molecule has 35 heavy (non-hydrogen) atoms. The molecule has 0 spiro atoms. The van der Waals surface area contributed by atoms with E-state index in [1.807, 2.05) is 6.92 Å². The van der Waals surface area contributed by atoms with Crippen LogP contribution in [0.3, 0.4) is 0 Å². The molecule has 4 heterocycles. The second kappa shape index (κ2) is 9.82. The minimum Gasteiger partial charge on any atom is -0.472 e. The normalized spacial score (nSPS) is 20.5. The van der Waals surface area contributed by atoms with Crippen LogP contribution in [0, 0.1) is 5.92 Å². The van der Waals surface area contributed by atoms with E-state index in [1.54, 1.807) is 9.80 Å². The molecule has 4 rings (SSSR count). The Bertz CT molecular complexity index is 1080. The van der Waals surface area contributed by atoms with E-state index in [1.165, 1.54) is 18.6 Å². The number of likely N-dealkylation sites (tertiary alicyclic amines) is 1. The first kappa shape index (κ1) is 24.9. The maximum absolute atomic E-state index is 13.7. The van der Waals surface area contributed by atoms with E-state index in [0.29, 0.717) is 18.5 Å². The van der Waals surface area contributed by atoms with E-state index >= 15 is 0 Å². The average molecular weight is 497 g/mol. The molecule has 0 aromatic carbocycles. The molecule has 2 aromatic rings. The summed E-state index contributed by atoms with van der Waals surface area (Å²) in [6.45, 7) is 2.55. The smallest absolute Gasteiger partial charge is 0.433 e. The zero-order valence-corrected chi connectivity index (χ0v) is 19.0. The summed E-state index contributed by atoms with van der Waals surface area (Å²) in [6.07, 6.45) is -4.29. The van der Waals surface area contributed by atoms with Gasteiger partial charge in [0.1, 0.15) is 12.5 Å². The number of carbonyl (C=O) groups is 2. The zero-order valence-electron chi connectivity index (χ0n) is 19.0. The number of furan rings is 1. The summed E-state index contributed by atoms with van der Waals surface area (Å²) in [6, 6.07) is 0.704. The fourth-order valence-corrected chi connectivity index (χ4v) is 4.63. The van der Waals surface area contributed by atoms with Crippen molar-refractivity contribution in [3.05, 3.63) is 35.5 Å². The summed E-state index contributed by atoms with van der Waals surface area (Å²) < 4.78 is 46.1. The first-order chi connectivity index (χ1) is 16.5. The number of aliphatic hydroxyl groups is 1. The Morgan fingerprint density at radius 2 is 2.14 bits per heavy atom. The van der Waals surface area contributed by atoms with E-state index in [-0.39, 0.29) is 61.4 Å². The molecule has 2 aliphatic heterocycles. The van der Waals surface area contributed by atoms with Gasteiger partial charge in [0.2, 0.25) is 5.91 Å². The van der Waals surface area contributed by atoms with Crippen molar-refractivity contribution in [2.24, 2.45) is 5.92 Å². The lowest BCUT2D eigenvalue weighted by atomic mass is 10.0. The number of hydrogen-bond donors (Lipinski definition) is 3.